The summed E-state index contributed by atoms with van der Waals surface area (Å²) in [6.45, 7) is 6.26. The highest BCUT2D eigenvalue weighted by atomic mass is 16.2. The second kappa shape index (κ2) is 11.4. The van der Waals surface area contributed by atoms with Gasteiger partial charge in [-0.2, -0.15) is 0 Å². The molecule has 2 heterocycles. The molecule has 0 aliphatic carbocycles. The molecule has 1 aromatic heterocycles. The van der Waals surface area contributed by atoms with Crippen LogP contribution in [0.4, 0.5) is 0 Å². The van der Waals surface area contributed by atoms with Crippen molar-refractivity contribution in [2.45, 2.75) is 45.3 Å². The molecular formula is C34H36N4O. The molecule has 0 N–H and O–H groups in total. The second-order valence-electron chi connectivity index (χ2n) is 10.7. The van der Waals surface area contributed by atoms with Crippen LogP contribution in [0.3, 0.4) is 0 Å². The predicted molar refractivity (Wildman–Crippen MR) is 159 cm³/mol. The Balaban J connectivity index is 1.18. The maximum atomic E-state index is 13.7. The lowest BCUT2D eigenvalue weighted by Crippen LogP contribution is -2.54. The number of hydrogen-bond acceptors (Lipinski definition) is 3. The number of amides is 1. The van der Waals surface area contributed by atoms with E-state index in [4.69, 9.17) is 0 Å². The number of piperazine rings is 1. The fourth-order valence-corrected chi connectivity index (χ4v) is 5.95. The number of carbonyl (C=O) groups is 1. The smallest absolute Gasteiger partial charge is 0.254 e. The van der Waals surface area contributed by atoms with E-state index in [1.54, 1.807) is 0 Å². The van der Waals surface area contributed by atoms with Crippen molar-refractivity contribution in [1.29, 1.82) is 0 Å². The van der Waals surface area contributed by atoms with Crippen LogP contribution in [0, 0.1) is 0 Å². The molecule has 4 aromatic carbocycles. The summed E-state index contributed by atoms with van der Waals surface area (Å²) in [5, 5.41) is 4.68. The zero-order valence-electron chi connectivity index (χ0n) is 22.7. The molecule has 198 valence electrons. The van der Waals surface area contributed by atoms with Gasteiger partial charge in [-0.1, -0.05) is 92.6 Å². The molecule has 1 saturated heterocycles. The second-order valence-corrected chi connectivity index (χ2v) is 10.7. The number of benzene rings is 4. The van der Waals surface area contributed by atoms with E-state index in [1.165, 1.54) is 22.0 Å². The monoisotopic (exact) mass is 516 g/mol. The van der Waals surface area contributed by atoms with Gasteiger partial charge in [0.25, 0.3) is 5.91 Å². The molecule has 39 heavy (non-hydrogen) atoms. The van der Waals surface area contributed by atoms with Gasteiger partial charge in [-0.15, -0.1) is 0 Å². The molecule has 1 aliphatic rings. The summed E-state index contributed by atoms with van der Waals surface area (Å²) >= 11 is 0. The van der Waals surface area contributed by atoms with Crippen LogP contribution in [0.5, 0.6) is 0 Å². The van der Waals surface area contributed by atoms with Gasteiger partial charge in [0.15, 0.2) is 0 Å². The van der Waals surface area contributed by atoms with Gasteiger partial charge >= 0.3 is 0 Å². The lowest BCUT2D eigenvalue weighted by Gasteiger charge is -2.41. The number of rotatable bonds is 8. The van der Waals surface area contributed by atoms with Crippen molar-refractivity contribution in [3.63, 3.8) is 0 Å². The molecular weight excluding hydrogens is 480 g/mol. The number of nitrogens with zero attached hydrogens (tertiary/aromatic N) is 4. The molecule has 5 heteroatoms. The van der Waals surface area contributed by atoms with Crippen molar-refractivity contribution in [2.75, 3.05) is 19.6 Å². The third-order valence-electron chi connectivity index (χ3n) is 8.13. The van der Waals surface area contributed by atoms with E-state index < -0.39 is 0 Å². The SMILES string of the molecule is CCCCC1CN(C(=O)c2cccc3ccccc23)CCN1Cc1cncn1Cc1ccc2ccccc2c1. The molecule has 1 fully saturated rings. The first-order chi connectivity index (χ1) is 19.2. The Labute approximate surface area is 230 Å². The van der Waals surface area contributed by atoms with E-state index in [2.05, 4.69) is 86.9 Å². The highest BCUT2D eigenvalue weighted by Crippen LogP contribution is 2.24. The van der Waals surface area contributed by atoms with Gasteiger partial charge in [-0.25, -0.2) is 4.98 Å². The summed E-state index contributed by atoms with van der Waals surface area (Å²) in [6.07, 6.45) is 7.36. The summed E-state index contributed by atoms with van der Waals surface area (Å²) in [5.74, 6) is 0.147. The summed E-state index contributed by atoms with van der Waals surface area (Å²) in [6, 6.07) is 29.8. The molecule has 6 rings (SSSR count). The average Bonchev–Trinajstić information content (AvgIpc) is 3.42. The van der Waals surface area contributed by atoms with Gasteiger partial charge in [0.2, 0.25) is 0 Å². The van der Waals surface area contributed by atoms with Gasteiger partial charge < -0.3 is 9.47 Å². The van der Waals surface area contributed by atoms with Crippen LogP contribution in [0.1, 0.15) is 47.8 Å². The summed E-state index contributed by atoms with van der Waals surface area (Å²) in [5.41, 5.74) is 3.31. The van der Waals surface area contributed by atoms with Crippen molar-refractivity contribution in [3.05, 3.63) is 114 Å². The molecule has 0 spiro atoms. The summed E-state index contributed by atoms with van der Waals surface area (Å²) in [4.78, 5) is 22.9. The first kappa shape index (κ1) is 25.3. The third kappa shape index (κ3) is 5.45. The number of aromatic nitrogens is 2. The molecule has 1 unspecified atom stereocenters. The van der Waals surface area contributed by atoms with Crippen LogP contribution >= 0.6 is 0 Å². The normalized spacial score (nSPS) is 16.2. The third-order valence-corrected chi connectivity index (χ3v) is 8.13. The number of hydrogen-bond donors (Lipinski definition) is 0. The largest absolute Gasteiger partial charge is 0.336 e. The van der Waals surface area contributed by atoms with Crippen LogP contribution < -0.4 is 0 Å². The lowest BCUT2D eigenvalue weighted by molar-refractivity contribution is 0.0429. The minimum atomic E-state index is 0.147. The number of fused-ring (bicyclic) bond motifs is 2. The highest BCUT2D eigenvalue weighted by molar-refractivity contribution is 6.07. The van der Waals surface area contributed by atoms with Gasteiger partial charge in [0, 0.05) is 50.5 Å². The maximum Gasteiger partial charge on any atom is 0.254 e. The van der Waals surface area contributed by atoms with E-state index in [9.17, 15) is 4.79 Å². The molecule has 0 radical (unpaired) electrons. The zero-order chi connectivity index (χ0) is 26.6. The maximum absolute atomic E-state index is 13.7. The van der Waals surface area contributed by atoms with E-state index in [-0.39, 0.29) is 5.91 Å². The Morgan fingerprint density at radius 1 is 0.872 bits per heavy atom. The number of carbonyl (C=O) groups excluding carboxylic acids is 1. The molecule has 0 bridgehead atoms. The quantitative estimate of drug-likeness (QED) is 0.229. The number of unbranched alkanes of at least 4 members (excludes halogenated alkanes) is 1. The van der Waals surface area contributed by atoms with Crippen LogP contribution in [0.25, 0.3) is 21.5 Å². The Morgan fingerprint density at radius 2 is 1.67 bits per heavy atom. The van der Waals surface area contributed by atoms with E-state index in [0.29, 0.717) is 6.04 Å². The highest BCUT2D eigenvalue weighted by Gasteiger charge is 2.30. The Bertz CT molecular complexity index is 1580. The van der Waals surface area contributed by atoms with Crippen LogP contribution in [0.15, 0.2) is 97.5 Å². The summed E-state index contributed by atoms with van der Waals surface area (Å²) < 4.78 is 2.27. The van der Waals surface area contributed by atoms with E-state index >= 15 is 0 Å². The Kier molecular flexibility index (Phi) is 7.42. The van der Waals surface area contributed by atoms with Crippen molar-refractivity contribution in [3.8, 4) is 0 Å². The standard InChI is InChI=1S/C34H36N4O/c1-2-3-13-30-23-37(34(39)33-15-8-12-28-10-6-7-14-32(28)33)19-18-36(30)24-31-21-35-25-38(31)22-26-16-17-27-9-4-5-11-29(27)20-26/h4-12,14-17,20-21,25,30H,2-3,13,18-19,22-24H2,1H3. The van der Waals surface area contributed by atoms with Gasteiger partial charge in [-0.05, 0) is 45.7 Å². The van der Waals surface area contributed by atoms with Gasteiger partial charge in [-0.3, -0.25) is 9.69 Å². The van der Waals surface area contributed by atoms with Crippen molar-refractivity contribution in [2.24, 2.45) is 0 Å². The minimum Gasteiger partial charge on any atom is -0.336 e. The van der Waals surface area contributed by atoms with Crippen molar-refractivity contribution in [1.82, 2.24) is 19.4 Å². The molecule has 0 saturated carbocycles. The fourth-order valence-electron chi connectivity index (χ4n) is 5.95. The molecule has 1 aliphatic heterocycles. The molecule has 5 aromatic rings. The first-order valence-electron chi connectivity index (χ1n) is 14.2. The van der Waals surface area contributed by atoms with Crippen molar-refractivity contribution >= 4 is 27.5 Å². The van der Waals surface area contributed by atoms with E-state index in [0.717, 1.165) is 68.3 Å². The van der Waals surface area contributed by atoms with Crippen LogP contribution in [-0.4, -0.2) is 50.9 Å². The average molecular weight is 517 g/mol. The van der Waals surface area contributed by atoms with Crippen LogP contribution in [-0.2, 0) is 13.1 Å². The molecule has 1 amide bonds. The van der Waals surface area contributed by atoms with Crippen molar-refractivity contribution < 1.29 is 4.79 Å². The Morgan fingerprint density at radius 3 is 2.54 bits per heavy atom. The van der Waals surface area contributed by atoms with Gasteiger partial charge in [0.1, 0.15) is 0 Å². The predicted octanol–water partition coefficient (Wildman–Crippen LogP) is 6.75. The first-order valence-corrected chi connectivity index (χ1v) is 14.2. The summed E-state index contributed by atoms with van der Waals surface area (Å²) in [7, 11) is 0. The van der Waals surface area contributed by atoms with E-state index in [1.807, 2.05) is 36.8 Å². The topological polar surface area (TPSA) is 41.4 Å². The minimum absolute atomic E-state index is 0.147. The number of imidazole rings is 1. The van der Waals surface area contributed by atoms with Gasteiger partial charge in [0.05, 0.1) is 12.0 Å². The Hall–Kier alpha value is -3.96. The lowest BCUT2D eigenvalue weighted by atomic mass is 10.0. The fraction of sp³-hybridized carbons (Fsp3) is 0.294. The zero-order valence-corrected chi connectivity index (χ0v) is 22.7. The molecule has 1 atom stereocenters. The van der Waals surface area contributed by atoms with Crippen LogP contribution in [0.2, 0.25) is 0 Å². The molecule has 5 nitrogen and oxygen atoms in total.